The first-order chi connectivity index (χ1) is 9.20. The van der Waals surface area contributed by atoms with E-state index in [1.165, 1.54) is 0 Å². The number of hydrogen-bond donors (Lipinski definition) is 3. The third-order valence-electron chi connectivity index (χ3n) is 3.14. The van der Waals surface area contributed by atoms with Gasteiger partial charge in [-0.1, -0.05) is 11.6 Å². The van der Waals surface area contributed by atoms with Gasteiger partial charge in [0.05, 0.1) is 5.69 Å². The Labute approximate surface area is 117 Å². The van der Waals surface area contributed by atoms with Crippen LogP contribution in [-0.2, 0) is 0 Å². The molecular weight excluding hydrogens is 266 g/mol. The van der Waals surface area contributed by atoms with Crippen molar-refractivity contribution in [2.45, 2.75) is 25.3 Å². The lowest BCUT2D eigenvalue weighted by Gasteiger charge is -2.18. The molecule has 0 aromatic carbocycles. The first-order valence-corrected chi connectivity index (χ1v) is 6.81. The van der Waals surface area contributed by atoms with Crippen molar-refractivity contribution < 1.29 is 4.79 Å². The average Bonchev–Trinajstić information content (AvgIpc) is 2.67. The summed E-state index contributed by atoms with van der Waals surface area (Å²) >= 11 is 5.86. The highest BCUT2D eigenvalue weighted by Crippen LogP contribution is 2.20. The van der Waals surface area contributed by atoms with Gasteiger partial charge in [0.15, 0.2) is 10.8 Å². The number of nitrogens with one attached hydrogen (secondary N) is 3. The molecule has 1 amide bonds. The molecule has 1 fully saturated rings. The van der Waals surface area contributed by atoms with Crippen molar-refractivity contribution in [2.24, 2.45) is 0 Å². The largest absolute Gasteiger partial charge is 0.380 e. The molecule has 1 aromatic heterocycles. The van der Waals surface area contributed by atoms with Crippen molar-refractivity contribution in [3.05, 3.63) is 16.9 Å². The molecule has 0 radical (unpaired) electrons. The highest BCUT2D eigenvalue weighted by atomic mass is 35.5. The summed E-state index contributed by atoms with van der Waals surface area (Å²) in [7, 11) is 1.57. The summed E-state index contributed by atoms with van der Waals surface area (Å²) in [6, 6.07) is 1.97. The van der Waals surface area contributed by atoms with Gasteiger partial charge in [-0.3, -0.25) is 4.79 Å². The second kappa shape index (κ2) is 6.68. The van der Waals surface area contributed by atoms with E-state index in [-0.39, 0.29) is 16.8 Å². The molecule has 2 rings (SSSR count). The fourth-order valence-electron chi connectivity index (χ4n) is 2.15. The lowest BCUT2D eigenvalue weighted by atomic mass is 10.1. The number of amides is 1. The minimum Gasteiger partial charge on any atom is -0.380 e. The molecule has 104 valence electrons. The average molecular weight is 284 g/mol. The fraction of sp³-hybridized carbons (Fsp3) is 0.583. The van der Waals surface area contributed by atoms with Gasteiger partial charge in [0.25, 0.3) is 5.91 Å². The molecule has 1 saturated heterocycles. The lowest BCUT2D eigenvalue weighted by Crippen LogP contribution is -2.26. The number of hydrogen-bond acceptors (Lipinski definition) is 5. The second-order valence-corrected chi connectivity index (χ2v) is 4.92. The number of carbonyl (C=O) groups is 1. The molecule has 6 nitrogen and oxygen atoms in total. The predicted octanol–water partition coefficient (Wildman–Crippen LogP) is 1.04. The van der Waals surface area contributed by atoms with Gasteiger partial charge in [0.1, 0.15) is 0 Å². The maximum atomic E-state index is 11.7. The smallest absolute Gasteiger partial charge is 0.273 e. The van der Waals surface area contributed by atoms with Crippen LogP contribution in [0.2, 0.25) is 5.15 Å². The maximum Gasteiger partial charge on any atom is 0.273 e. The van der Waals surface area contributed by atoms with Crippen molar-refractivity contribution in [3.63, 3.8) is 0 Å². The van der Waals surface area contributed by atoms with Gasteiger partial charge in [-0.15, -0.1) is 10.2 Å². The molecule has 1 aromatic rings. The van der Waals surface area contributed by atoms with Crippen LogP contribution < -0.4 is 16.0 Å². The SMILES string of the molecule is CNC(=O)c1nnc(Cl)cc1NC1CCCNCC1. The lowest BCUT2D eigenvalue weighted by molar-refractivity contribution is 0.0958. The molecule has 1 aliphatic rings. The first-order valence-electron chi connectivity index (χ1n) is 6.43. The monoisotopic (exact) mass is 283 g/mol. The molecule has 0 saturated carbocycles. The van der Waals surface area contributed by atoms with Crippen molar-refractivity contribution in [3.8, 4) is 0 Å². The zero-order valence-electron chi connectivity index (χ0n) is 10.9. The Balaban J connectivity index is 2.17. The molecule has 1 atom stereocenters. The zero-order valence-corrected chi connectivity index (χ0v) is 11.6. The van der Waals surface area contributed by atoms with E-state index in [9.17, 15) is 4.79 Å². The maximum absolute atomic E-state index is 11.7. The van der Waals surface area contributed by atoms with Crippen LogP contribution in [0.5, 0.6) is 0 Å². The number of halogens is 1. The molecule has 0 aliphatic carbocycles. The van der Waals surface area contributed by atoms with Crippen molar-refractivity contribution in [2.75, 3.05) is 25.5 Å². The molecule has 2 heterocycles. The summed E-state index contributed by atoms with van der Waals surface area (Å²) in [5.41, 5.74) is 0.926. The summed E-state index contributed by atoms with van der Waals surface area (Å²) in [6.45, 7) is 2.01. The Kier molecular flexibility index (Phi) is 4.93. The zero-order chi connectivity index (χ0) is 13.7. The van der Waals surface area contributed by atoms with Gasteiger partial charge in [-0.2, -0.15) is 0 Å². The Hall–Kier alpha value is -1.40. The molecule has 1 unspecified atom stereocenters. The third kappa shape index (κ3) is 3.78. The van der Waals surface area contributed by atoms with E-state index in [0.717, 1.165) is 32.4 Å². The summed E-state index contributed by atoms with van der Waals surface area (Å²) in [5.74, 6) is -0.265. The van der Waals surface area contributed by atoms with Crippen LogP contribution in [-0.4, -0.2) is 42.3 Å². The van der Waals surface area contributed by atoms with E-state index in [1.54, 1.807) is 13.1 Å². The van der Waals surface area contributed by atoms with Crippen molar-refractivity contribution >= 4 is 23.2 Å². The Morgan fingerprint density at radius 2 is 2.26 bits per heavy atom. The summed E-state index contributed by atoms with van der Waals surface area (Å²) in [4.78, 5) is 11.7. The van der Waals surface area contributed by atoms with E-state index >= 15 is 0 Å². The predicted molar refractivity (Wildman–Crippen MR) is 74.6 cm³/mol. The van der Waals surface area contributed by atoms with Gasteiger partial charge in [0.2, 0.25) is 0 Å². The van der Waals surface area contributed by atoms with Crippen LogP contribution in [0.1, 0.15) is 29.8 Å². The van der Waals surface area contributed by atoms with Crippen molar-refractivity contribution in [1.82, 2.24) is 20.8 Å². The number of carbonyl (C=O) groups excluding carboxylic acids is 1. The van der Waals surface area contributed by atoms with Crippen LogP contribution in [0, 0.1) is 0 Å². The minimum atomic E-state index is -0.265. The highest BCUT2D eigenvalue weighted by molar-refractivity contribution is 6.29. The van der Waals surface area contributed by atoms with E-state index in [0.29, 0.717) is 11.7 Å². The summed E-state index contributed by atoms with van der Waals surface area (Å²) in [5, 5.41) is 17.1. The number of aromatic nitrogens is 2. The van der Waals surface area contributed by atoms with E-state index in [4.69, 9.17) is 11.6 Å². The molecular formula is C12H18ClN5O. The van der Waals surface area contributed by atoms with Crippen LogP contribution in [0.25, 0.3) is 0 Å². The Morgan fingerprint density at radius 1 is 1.42 bits per heavy atom. The van der Waals surface area contributed by atoms with Gasteiger partial charge in [-0.05, 0) is 32.4 Å². The van der Waals surface area contributed by atoms with Gasteiger partial charge in [0, 0.05) is 19.2 Å². The summed E-state index contributed by atoms with van der Waals surface area (Å²) in [6.07, 6.45) is 3.17. The van der Waals surface area contributed by atoms with E-state index in [2.05, 4.69) is 26.1 Å². The molecule has 3 N–H and O–H groups in total. The third-order valence-corrected chi connectivity index (χ3v) is 3.33. The van der Waals surface area contributed by atoms with Crippen LogP contribution >= 0.6 is 11.6 Å². The number of nitrogens with zero attached hydrogens (tertiary/aromatic N) is 2. The molecule has 1 aliphatic heterocycles. The molecule has 0 spiro atoms. The molecule has 7 heteroatoms. The van der Waals surface area contributed by atoms with Gasteiger partial charge in [-0.25, -0.2) is 0 Å². The second-order valence-electron chi connectivity index (χ2n) is 4.53. The van der Waals surface area contributed by atoms with Crippen molar-refractivity contribution in [1.29, 1.82) is 0 Å². The van der Waals surface area contributed by atoms with E-state index < -0.39 is 0 Å². The quantitative estimate of drug-likeness (QED) is 0.773. The van der Waals surface area contributed by atoms with Gasteiger partial charge < -0.3 is 16.0 Å². The van der Waals surface area contributed by atoms with E-state index in [1.807, 2.05) is 0 Å². The normalized spacial score (nSPS) is 19.6. The standard InChI is InChI=1S/C12H18ClN5O/c1-14-12(19)11-9(7-10(13)17-18-11)16-8-3-2-5-15-6-4-8/h7-8,15H,2-6H2,1H3,(H,14,19)(H,16,17). The fourth-order valence-corrected chi connectivity index (χ4v) is 2.29. The van der Waals surface area contributed by atoms with Crippen LogP contribution in [0.15, 0.2) is 6.07 Å². The number of rotatable bonds is 3. The summed E-state index contributed by atoms with van der Waals surface area (Å²) < 4.78 is 0. The molecule has 19 heavy (non-hydrogen) atoms. The highest BCUT2D eigenvalue weighted by Gasteiger charge is 2.18. The Bertz CT molecular complexity index is 446. The van der Waals surface area contributed by atoms with Gasteiger partial charge >= 0.3 is 0 Å². The Morgan fingerprint density at radius 3 is 3.05 bits per heavy atom. The molecule has 0 bridgehead atoms. The minimum absolute atomic E-state index is 0.265. The topological polar surface area (TPSA) is 78.9 Å². The van der Waals surface area contributed by atoms with Crippen LogP contribution in [0.4, 0.5) is 5.69 Å². The first kappa shape index (κ1) is 14.0. The van der Waals surface area contributed by atoms with Crippen LogP contribution in [0.3, 0.4) is 0 Å². The number of anilines is 1.